The van der Waals surface area contributed by atoms with Crippen LogP contribution in [0.15, 0.2) is 46.0 Å². The molecule has 0 saturated carbocycles. The van der Waals surface area contributed by atoms with Crippen molar-refractivity contribution >= 4 is 33.7 Å². The fraction of sp³-hybridized carbons (Fsp3) is 0.0714. The molecule has 0 bridgehead atoms. The first-order chi connectivity index (χ1) is 9.60. The van der Waals surface area contributed by atoms with Gasteiger partial charge in [-0.05, 0) is 29.8 Å². The summed E-state index contributed by atoms with van der Waals surface area (Å²) in [6, 6.07) is 10.4. The molecular weight excluding hydrogens is 340 g/mol. The van der Waals surface area contributed by atoms with E-state index < -0.39 is 5.97 Å². The molecule has 0 unspecified atom stereocenters. The third-order valence-electron chi connectivity index (χ3n) is 2.54. The van der Waals surface area contributed by atoms with E-state index in [-0.39, 0.29) is 5.56 Å². The first-order valence-corrected chi connectivity index (χ1v) is 7.38. The van der Waals surface area contributed by atoms with Crippen molar-refractivity contribution in [2.24, 2.45) is 0 Å². The lowest BCUT2D eigenvalue weighted by atomic mass is 10.1. The van der Waals surface area contributed by atoms with Gasteiger partial charge in [-0.15, -0.1) is 11.8 Å². The summed E-state index contributed by atoms with van der Waals surface area (Å²) in [6.07, 6.45) is 1.60. The maximum absolute atomic E-state index is 10.8. The summed E-state index contributed by atoms with van der Waals surface area (Å²) in [6.45, 7) is 0. The quantitative estimate of drug-likeness (QED) is 0.852. The van der Waals surface area contributed by atoms with Crippen molar-refractivity contribution in [2.45, 2.75) is 10.8 Å². The summed E-state index contributed by atoms with van der Waals surface area (Å²) >= 11 is 4.86. The Labute approximate surface area is 128 Å². The van der Waals surface area contributed by atoms with Gasteiger partial charge in [-0.25, -0.2) is 9.78 Å². The number of pyridine rings is 1. The van der Waals surface area contributed by atoms with Gasteiger partial charge in [-0.2, -0.15) is 5.26 Å². The van der Waals surface area contributed by atoms with Gasteiger partial charge in [-0.1, -0.05) is 22.0 Å². The number of aromatic carboxylic acids is 1. The predicted octanol–water partition coefficient (Wildman–Crippen LogP) is 3.71. The molecule has 2 aromatic rings. The molecular formula is C14H9BrN2O2S. The molecule has 0 fully saturated rings. The van der Waals surface area contributed by atoms with E-state index in [4.69, 9.17) is 10.4 Å². The second kappa shape index (κ2) is 6.55. The van der Waals surface area contributed by atoms with Gasteiger partial charge in [0, 0.05) is 16.4 Å². The van der Waals surface area contributed by atoms with E-state index in [0.29, 0.717) is 11.3 Å². The number of hydrogen-bond donors (Lipinski definition) is 1. The fourth-order valence-electron chi connectivity index (χ4n) is 1.51. The van der Waals surface area contributed by atoms with Gasteiger partial charge in [0.2, 0.25) is 0 Å². The van der Waals surface area contributed by atoms with E-state index in [1.165, 1.54) is 11.8 Å². The standard InChI is InChI=1S/C14H9BrN2O2S/c15-12-6-10(14(18)19)1-2-11(12)8-20-13-5-9(7-16)3-4-17-13/h1-6H,8H2,(H,18,19). The molecule has 20 heavy (non-hydrogen) atoms. The first-order valence-electron chi connectivity index (χ1n) is 5.61. The van der Waals surface area contributed by atoms with Crippen molar-refractivity contribution in [2.75, 3.05) is 0 Å². The maximum atomic E-state index is 10.8. The number of rotatable bonds is 4. The average molecular weight is 349 g/mol. The Hall–Kier alpha value is -1.84. The molecule has 0 amide bonds. The lowest BCUT2D eigenvalue weighted by Gasteiger charge is -2.05. The molecule has 0 aliphatic heterocycles. The number of thioether (sulfide) groups is 1. The number of aromatic nitrogens is 1. The van der Waals surface area contributed by atoms with Crippen molar-refractivity contribution in [3.05, 3.63) is 57.7 Å². The largest absolute Gasteiger partial charge is 0.478 e. The molecule has 0 spiro atoms. The molecule has 1 aromatic carbocycles. The third-order valence-corrected chi connectivity index (χ3v) is 4.25. The van der Waals surface area contributed by atoms with E-state index in [1.54, 1.807) is 36.5 Å². The highest BCUT2D eigenvalue weighted by molar-refractivity contribution is 9.10. The molecule has 100 valence electrons. The van der Waals surface area contributed by atoms with E-state index >= 15 is 0 Å². The zero-order valence-corrected chi connectivity index (χ0v) is 12.6. The number of carbonyl (C=O) groups is 1. The van der Waals surface area contributed by atoms with Crippen LogP contribution in [0.1, 0.15) is 21.5 Å². The van der Waals surface area contributed by atoms with Crippen LogP contribution < -0.4 is 0 Å². The highest BCUT2D eigenvalue weighted by atomic mass is 79.9. The highest BCUT2D eigenvalue weighted by Crippen LogP contribution is 2.27. The number of carboxylic acids is 1. The summed E-state index contributed by atoms with van der Waals surface area (Å²) in [5.74, 6) is -0.309. The SMILES string of the molecule is N#Cc1ccnc(SCc2ccc(C(=O)O)cc2Br)c1. The lowest BCUT2D eigenvalue weighted by Crippen LogP contribution is -1.97. The average Bonchev–Trinajstić information content (AvgIpc) is 2.46. The van der Waals surface area contributed by atoms with Crippen molar-refractivity contribution in [3.8, 4) is 6.07 Å². The highest BCUT2D eigenvalue weighted by Gasteiger charge is 2.07. The van der Waals surface area contributed by atoms with Crippen LogP contribution >= 0.6 is 27.7 Å². The Balaban J connectivity index is 2.11. The van der Waals surface area contributed by atoms with Gasteiger partial charge in [0.15, 0.2) is 0 Å². The minimum atomic E-state index is -0.951. The Morgan fingerprint density at radius 2 is 2.20 bits per heavy atom. The van der Waals surface area contributed by atoms with Gasteiger partial charge in [-0.3, -0.25) is 0 Å². The van der Waals surface area contributed by atoms with Crippen LogP contribution in [0.2, 0.25) is 0 Å². The second-order valence-corrected chi connectivity index (χ2v) is 5.74. The third kappa shape index (κ3) is 3.59. The summed E-state index contributed by atoms with van der Waals surface area (Å²) in [7, 11) is 0. The number of halogens is 1. The zero-order valence-electron chi connectivity index (χ0n) is 10.2. The van der Waals surface area contributed by atoms with Crippen LogP contribution in [-0.2, 0) is 5.75 Å². The Kier molecular flexibility index (Phi) is 4.77. The summed E-state index contributed by atoms with van der Waals surface area (Å²) in [5, 5.41) is 18.5. The summed E-state index contributed by atoms with van der Waals surface area (Å²) < 4.78 is 0.751. The molecule has 4 nitrogen and oxygen atoms in total. The molecule has 1 N–H and O–H groups in total. The number of nitrogens with zero attached hydrogens (tertiary/aromatic N) is 2. The number of hydrogen-bond acceptors (Lipinski definition) is 4. The number of nitriles is 1. The van der Waals surface area contributed by atoms with Crippen LogP contribution in [0.3, 0.4) is 0 Å². The van der Waals surface area contributed by atoms with Gasteiger partial charge in [0.05, 0.1) is 22.2 Å². The predicted molar refractivity (Wildman–Crippen MR) is 79.6 cm³/mol. The molecule has 0 aliphatic rings. The van der Waals surface area contributed by atoms with Crippen molar-refractivity contribution in [1.29, 1.82) is 5.26 Å². The molecule has 0 aliphatic carbocycles. The normalized spacial score (nSPS) is 10.0. The van der Waals surface area contributed by atoms with E-state index in [0.717, 1.165) is 15.1 Å². The Morgan fingerprint density at radius 1 is 1.40 bits per heavy atom. The summed E-state index contributed by atoms with van der Waals surface area (Å²) in [5.41, 5.74) is 1.79. The monoisotopic (exact) mass is 348 g/mol. The molecule has 0 saturated heterocycles. The van der Waals surface area contributed by atoms with Crippen molar-refractivity contribution in [3.63, 3.8) is 0 Å². The van der Waals surface area contributed by atoms with Crippen LogP contribution in [0.25, 0.3) is 0 Å². The van der Waals surface area contributed by atoms with Crippen LogP contribution in [0.4, 0.5) is 0 Å². The van der Waals surface area contributed by atoms with Gasteiger partial charge in [0.1, 0.15) is 0 Å². The minimum absolute atomic E-state index is 0.246. The van der Waals surface area contributed by atoms with Crippen molar-refractivity contribution in [1.82, 2.24) is 4.98 Å². The molecule has 1 aromatic heterocycles. The van der Waals surface area contributed by atoms with Crippen molar-refractivity contribution < 1.29 is 9.90 Å². The number of benzene rings is 1. The van der Waals surface area contributed by atoms with Gasteiger partial charge in [0.25, 0.3) is 0 Å². The second-order valence-electron chi connectivity index (χ2n) is 3.89. The lowest BCUT2D eigenvalue weighted by molar-refractivity contribution is 0.0697. The van der Waals surface area contributed by atoms with Crippen LogP contribution in [0.5, 0.6) is 0 Å². The van der Waals surface area contributed by atoms with Gasteiger partial charge >= 0.3 is 5.97 Å². The Morgan fingerprint density at radius 3 is 2.85 bits per heavy atom. The van der Waals surface area contributed by atoms with Crippen LogP contribution in [0, 0.1) is 11.3 Å². The van der Waals surface area contributed by atoms with Gasteiger partial charge < -0.3 is 5.11 Å². The van der Waals surface area contributed by atoms with E-state index in [1.807, 2.05) is 0 Å². The molecule has 1 heterocycles. The fourth-order valence-corrected chi connectivity index (χ4v) is 3.11. The molecule has 6 heteroatoms. The maximum Gasteiger partial charge on any atom is 0.335 e. The summed E-state index contributed by atoms with van der Waals surface area (Å²) in [4.78, 5) is 15.0. The molecule has 2 rings (SSSR count). The zero-order chi connectivity index (χ0) is 14.5. The van der Waals surface area contributed by atoms with E-state index in [9.17, 15) is 4.79 Å². The minimum Gasteiger partial charge on any atom is -0.478 e. The smallest absolute Gasteiger partial charge is 0.335 e. The van der Waals surface area contributed by atoms with E-state index in [2.05, 4.69) is 27.0 Å². The first kappa shape index (κ1) is 14.6. The Bertz CT molecular complexity index is 698. The molecule has 0 atom stereocenters. The molecule has 0 radical (unpaired) electrons. The number of carboxylic acid groups (broad SMARTS) is 1. The topological polar surface area (TPSA) is 74.0 Å². The van der Waals surface area contributed by atoms with Crippen LogP contribution in [-0.4, -0.2) is 16.1 Å².